The highest BCUT2D eigenvalue weighted by molar-refractivity contribution is 7.80. The Morgan fingerprint density at radius 2 is 1.96 bits per heavy atom. The van der Waals surface area contributed by atoms with Gasteiger partial charge in [-0.25, -0.2) is 0 Å². The summed E-state index contributed by atoms with van der Waals surface area (Å²) in [5.74, 6) is 0.585. The Balaban J connectivity index is 2.16. The Kier molecular flexibility index (Phi) is 5.02. The number of carbonyl (C=O) groups is 1. The normalized spacial score (nSPS) is 10.0. The number of ether oxygens (including phenoxy) is 2. The fraction of sp³-hybridized carbons (Fsp3) is 0.214. The Bertz CT molecular complexity index is 744. The summed E-state index contributed by atoms with van der Waals surface area (Å²) in [7, 11) is 4.80. The Morgan fingerprint density at radius 3 is 2.57 bits per heavy atom. The molecule has 122 valence electrons. The van der Waals surface area contributed by atoms with Crippen molar-refractivity contribution in [3.8, 4) is 11.5 Å². The summed E-state index contributed by atoms with van der Waals surface area (Å²) in [4.78, 5) is 11.4. The highest BCUT2D eigenvalue weighted by Gasteiger charge is 2.15. The molecule has 0 aliphatic carbocycles. The number of anilines is 2. The second-order valence-corrected chi connectivity index (χ2v) is 4.98. The SMILES string of the molecule is COc1ccc(NC(=S)Nc2cn(C)nc2C(N)=O)c(OC)c1. The van der Waals surface area contributed by atoms with Crippen LogP contribution >= 0.6 is 12.2 Å². The molecule has 8 nitrogen and oxygen atoms in total. The molecule has 0 unspecified atom stereocenters. The van der Waals surface area contributed by atoms with Gasteiger partial charge >= 0.3 is 0 Å². The van der Waals surface area contributed by atoms with Crippen molar-refractivity contribution in [2.45, 2.75) is 0 Å². The lowest BCUT2D eigenvalue weighted by molar-refractivity contribution is 0.0995. The summed E-state index contributed by atoms with van der Waals surface area (Å²) in [6.45, 7) is 0. The molecule has 0 saturated heterocycles. The van der Waals surface area contributed by atoms with Crippen LogP contribution in [-0.4, -0.2) is 35.0 Å². The van der Waals surface area contributed by atoms with Crippen molar-refractivity contribution < 1.29 is 14.3 Å². The van der Waals surface area contributed by atoms with E-state index in [1.807, 2.05) is 0 Å². The van der Waals surface area contributed by atoms with Crippen molar-refractivity contribution in [3.63, 3.8) is 0 Å². The van der Waals surface area contributed by atoms with E-state index in [9.17, 15) is 4.79 Å². The molecule has 0 fully saturated rings. The second kappa shape index (κ2) is 6.97. The van der Waals surface area contributed by atoms with Crippen LogP contribution in [0.4, 0.5) is 11.4 Å². The van der Waals surface area contributed by atoms with Gasteiger partial charge in [0.2, 0.25) is 0 Å². The molecule has 0 spiro atoms. The zero-order chi connectivity index (χ0) is 17.0. The second-order valence-electron chi connectivity index (χ2n) is 4.57. The van der Waals surface area contributed by atoms with Gasteiger partial charge < -0.3 is 25.8 Å². The fourth-order valence-electron chi connectivity index (χ4n) is 1.94. The van der Waals surface area contributed by atoms with Crippen LogP contribution in [0.15, 0.2) is 24.4 Å². The van der Waals surface area contributed by atoms with Gasteiger partial charge in [-0.1, -0.05) is 0 Å². The van der Waals surface area contributed by atoms with Crippen LogP contribution in [0.5, 0.6) is 11.5 Å². The molecule has 0 atom stereocenters. The highest BCUT2D eigenvalue weighted by atomic mass is 32.1. The van der Waals surface area contributed by atoms with Crippen LogP contribution in [-0.2, 0) is 7.05 Å². The summed E-state index contributed by atoms with van der Waals surface area (Å²) in [5.41, 5.74) is 6.46. The number of amides is 1. The first-order chi connectivity index (χ1) is 10.9. The monoisotopic (exact) mass is 335 g/mol. The number of hydrogen-bond acceptors (Lipinski definition) is 5. The molecular weight excluding hydrogens is 318 g/mol. The van der Waals surface area contributed by atoms with Crippen molar-refractivity contribution in [3.05, 3.63) is 30.1 Å². The van der Waals surface area contributed by atoms with Gasteiger partial charge in [0, 0.05) is 19.3 Å². The van der Waals surface area contributed by atoms with Gasteiger partial charge in [0.05, 0.1) is 25.6 Å². The van der Waals surface area contributed by atoms with E-state index in [1.165, 1.54) is 4.68 Å². The number of rotatable bonds is 5. The molecule has 0 saturated carbocycles. The third kappa shape index (κ3) is 3.89. The third-order valence-electron chi connectivity index (χ3n) is 2.97. The lowest BCUT2D eigenvalue weighted by Gasteiger charge is -2.14. The zero-order valence-electron chi connectivity index (χ0n) is 12.9. The molecule has 1 amide bonds. The quantitative estimate of drug-likeness (QED) is 0.709. The van der Waals surface area contributed by atoms with Crippen molar-refractivity contribution in [1.29, 1.82) is 0 Å². The minimum Gasteiger partial charge on any atom is -0.497 e. The van der Waals surface area contributed by atoms with Gasteiger partial charge in [0.1, 0.15) is 11.5 Å². The van der Waals surface area contributed by atoms with Crippen LogP contribution in [0.1, 0.15) is 10.5 Å². The highest BCUT2D eigenvalue weighted by Crippen LogP contribution is 2.29. The first kappa shape index (κ1) is 16.6. The van der Waals surface area contributed by atoms with Crippen molar-refractivity contribution in [2.75, 3.05) is 24.9 Å². The maximum atomic E-state index is 11.4. The first-order valence-corrected chi connectivity index (χ1v) is 6.99. The molecule has 1 aromatic carbocycles. The number of nitrogens with two attached hydrogens (primary N) is 1. The number of carbonyl (C=O) groups excluding carboxylic acids is 1. The van der Waals surface area contributed by atoms with Gasteiger partial charge in [-0.05, 0) is 24.4 Å². The number of aryl methyl sites for hydroxylation is 1. The van der Waals surface area contributed by atoms with E-state index in [-0.39, 0.29) is 10.8 Å². The lowest BCUT2D eigenvalue weighted by atomic mass is 10.2. The first-order valence-electron chi connectivity index (χ1n) is 6.58. The minimum absolute atomic E-state index is 0.110. The largest absolute Gasteiger partial charge is 0.497 e. The summed E-state index contributed by atoms with van der Waals surface area (Å²) in [6.07, 6.45) is 1.61. The van der Waals surface area contributed by atoms with Crippen LogP contribution in [0.3, 0.4) is 0 Å². The summed E-state index contributed by atoms with van der Waals surface area (Å²) in [6, 6.07) is 5.26. The molecule has 0 bridgehead atoms. The van der Waals surface area contributed by atoms with E-state index in [1.54, 1.807) is 45.7 Å². The van der Waals surface area contributed by atoms with E-state index in [2.05, 4.69) is 15.7 Å². The fourth-order valence-corrected chi connectivity index (χ4v) is 2.16. The molecule has 23 heavy (non-hydrogen) atoms. The van der Waals surface area contributed by atoms with Gasteiger partial charge in [-0.3, -0.25) is 9.48 Å². The van der Waals surface area contributed by atoms with E-state index >= 15 is 0 Å². The molecule has 4 N–H and O–H groups in total. The predicted octanol–water partition coefficient (Wildman–Crippen LogP) is 1.35. The van der Waals surface area contributed by atoms with Gasteiger partial charge in [-0.15, -0.1) is 0 Å². The van der Waals surface area contributed by atoms with Crippen LogP contribution in [0.25, 0.3) is 0 Å². The smallest absolute Gasteiger partial charge is 0.271 e. The average Bonchev–Trinajstić information content (AvgIpc) is 2.88. The molecule has 0 aliphatic rings. The van der Waals surface area contributed by atoms with E-state index in [4.69, 9.17) is 27.4 Å². The van der Waals surface area contributed by atoms with Crippen molar-refractivity contribution in [1.82, 2.24) is 9.78 Å². The maximum Gasteiger partial charge on any atom is 0.271 e. The summed E-state index contributed by atoms with van der Waals surface area (Å²) < 4.78 is 11.9. The van der Waals surface area contributed by atoms with E-state index in [0.717, 1.165) is 0 Å². The molecule has 0 radical (unpaired) electrons. The molecule has 2 rings (SSSR count). The number of hydrogen-bond donors (Lipinski definition) is 3. The molecule has 1 heterocycles. The van der Waals surface area contributed by atoms with Crippen LogP contribution in [0, 0.1) is 0 Å². The van der Waals surface area contributed by atoms with Gasteiger partial charge in [-0.2, -0.15) is 5.10 Å². The summed E-state index contributed by atoms with van der Waals surface area (Å²) in [5, 5.41) is 10.1. The zero-order valence-corrected chi connectivity index (χ0v) is 13.7. The average molecular weight is 335 g/mol. The standard InChI is InChI=1S/C14H17N5O3S/c1-19-7-10(12(18-19)13(15)20)17-14(23)16-9-5-4-8(21-2)6-11(9)22-3/h4-7H,1-3H3,(H2,15,20)(H2,16,17,23). The van der Waals surface area contributed by atoms with Crippen molar-refractivity contribution in [2.24, 2.45) is 12.8 Å². The van der Waals surface area contributed by atoms with E-state index in [0.29, 0.717) is 22.9 Å². The number of aromatic nitrogens is 2. The number of nitrogens with one attached hydrogen (secondary N) is 2. The topological polar surface area (TPSA) is 103 Å². The number of thiocarbonyl (C=S) groups is 1. The summed E-state index contributed by atoms with van der Waals surface area (Å²) >= 11 is 5.24. The molecule has 0 aliphatic heterocycles. The molecule has 9 heteroatoms. The van der Waals surface area contributed by atoms with Gasteiger partial charge in [0.25, 0.3) is 5.91 Å². The van der Waals surface area contributed by atoms with Crippen LogP contribution < -0.4 is 25.8 Å². The Hall–Kier alpha value is -2.81. The number of primary amides is 1. The molecule has 1 aromatic heterocycles. The minimum atomic E-state index is -0.641. The Labute approximate surface area is 138 Å². The predicted molar refractivity (Wildman–Crippen MR) is 91.1 cm³/mol. The van der Waals surface area contributed by atoms with Crippen LogP contribution in [0.2, 0.25) is 0 Å². The third-order valence-corrected chi connectivity index (χ3v) is 3.17. The molecular formula is C14H17N5O3S. The lowest BCUT2D eigenvalue weighted by Crippen LogP contribution is -2.22. The van der Waals surface area contributed by atoms with E-state index < -0.39 is 5.91 Å². The number of nitrogens with zero attached hydrogens (tertiary/aromatic N) is 2. The molecule has 2 aromatic rings. The number of benzene rings is 1. The van der Waals surface area contributed by atoms with Crippen molar-refractivity contribution >= 4 is 34.6 Å². The van der Waals surface area contributed by atoms with Gasteiger partial charge in [0.15, 0.2) is 10.8 Å². The maximum absolute atomic E-state index is 11.4. The Morgan fingerprint density at radius 1 is 1.26 bits per heavy atom. The number of methoxy groups -OCH3 is 2.